The fourth-order valence-electron chi connectivity index (χ4n) is 3.24. The summed E-state index contributed by atoms with van der Waals surface area (Å²) in [6.07, 6.45) is 4.82. The number of carbonyl (C=O) groups excluding carboxylic acids is 1. The lowest BCUT2D eigenvalue weighted by Gasteiger charge is -2.25. The van der Waals surface area contributed by atoms with Gasteiger partial charge in [-0.25, -0.2) is 13.8 Å². The third kappa shape index (κ3) is 5.12. The standard InChI is InChI=1S/C21H24F2N4O/c1-3-18(28)11-14-10-16(23)6-9-19(14)26-20-13(2)12-24-21(27-20)25-17-7-4-15(22)5-8-17/h3,6,9-10,12,15,17H,1,4-5,7-8,11H2,2H3,(H2,24,25,26,27). The number of anilines is 3. The normalized spacial score (nSPS) is 19.1. The minimum absolute atomic E-state index is 0.0469. The van der Waals surface area contributed by atoms with E-state index in [1.165, 1.54) is 18.2 Å². The molecule has 1 aliphatic rings. The van der Waals surface area contributed by atoms with Crippen molar-refractivity contribution < 1.29 is 13.6 Å². The van der Waals surface area contributed by atoms with Crippen LogP contribution in [0.4, 0.5) is 26.2 Å². The number of hydrogen-bond acceptors (Lipinski definition) is 5. The van der Waals surface area contributed by atoms with Gasteiger partial charge in [-0.2, -0.15) is 4.98 Å². The predicted molar refractivity (Wildman–Crippen MR) is 106 cm³/mol. The van der Waals surface area contributed by atoms with Gasteiger partial charge < -0.3 is 10.6 Å². The average molecular weight is 386 g/mol. The first-order chi connectivity index (χ1) is 13.4. The third-order valence-electron chi connectivity index (χ3n) is 4.87. The van der Waals surface area contributed by atoms with E-state index in [1.54, 1.807) is 12.3 Å². The van der Waals surface area contributed by atoms with E-state index in [4.69, 9.17) is 0 Å². The molecule has 0 atom stereocenters. The molecule has 0 bridgehead atoms. The third-order valence-corrected chi connectivity index (χ3v) is 4.87. The molecule has 7 heteroatoms. The van der Waals surface area contributed by atoms with Gasteiger partial charge in [0.15, 0.2) is 5.78 Å². The van der Waals surface area contributed by atoms with Gasteiger partial charge in [-0.05, 0) is 62.4 Å². The highest BCUT2D eigenvalue weighted by molar-refractivity contribution is 5.92. The summed E-state index contributed by atoms with van der Waals surface area (Å²) in [7, 11) is 0. The maximum atomic E-state index is 13.6. The first kappa shape index (κ1) is 19.9. The van der Waals surface area contributed by atoms with Crippen LogP contribution in [0.2, 0.25) is 0 Å². The van der Waals surface area contributed by atoms with Crippen molar-refractivity contribution in [2.24, 2.45) is 0 Å². The molecule has 1 fully saturated rings. The summed E-state index contributed by atoms with van der Waals surface area (Å²) in [4.78, 5) is 20.6. The second-order valence-corrected chi connectivity index (χ2v) is 7.09. The molecule has 1 heterocycles. The van der Waals surface area contributed by atoms with Crippen LogP contribution in [0.1, 0.15) is 36.8 Å². The molecule has 1 aromatic carbocycles. The zero-order valence-electron chi connectivity index (χ0n) is 15.8. The topological polar surface area (TPSA) is 66.9 Å². The lowest BCUT2D eigenvalue weighted by molar-refractivity contribution is -0.114. The van der Waals surface area contributed by atoms with Crippen LogP contribution in [0.3, 0.4) is 0 Å². The molecule has 1 aliphatic carbocycles. The molecule has 148 valence electrons. The summed E-state index contributed by atoms with van der Waals surface area (Å²) in [5.74, 6) is 0.415. The molecule has 0 spiro atoms. The maximum Gasteiger partial charge on any atom is 0.224 e. The van der Waals surface area contributed by atoms with Crippen molar-refractivity contribution in [1.29, 1.82) is 0 Å². The van der Waals surface area contributed by atoms with Gasteiger partial charge >= 0.3 is 0 Å². The Hall–Kier alpha value is -2.83. The fourth-order valence-corrected chi connectivity index (χ4v) is 3.24. The Morgan fingerprint density at radius 2 is 2.07 bits per heavy atom. The fraction of sp³-hybridized carbons (Fsp3) is 0.381. The second-order valence-electron chi connectivity index (χ2n) is 7.09. The SMILES string of the molecule is C=CC(=O)Cc1cc(F)ccc1Nc1nc(NC2CCC(F)CC2)ncc1C. The van der Waals surface area contributed by atoms with Crippen LogP contribution in [0.5, 0.6) is 0 Å². The predicted octanol–water partition coefficient (Wildman–Crippen LogP) is 4.66. The van der Waals surface area contributed by atoms with E-state index in [2.05, 4.69) is 27.2 Å². The van der Waals surface area contributed by atoms with Gasteiger partial charge in [-0.3, -0.25) is 4.79 Å². The number of carbonyl (C=O) groups is 1. The number of hydrogen-bond donors (Lipinski definition) is 2. The molecule has 2 N–H and O–H groups in total. The van der Waals surface area contributed by atoms with E-state index < -0.39 is 12.0 Å². The number of nitrogens with one attached hydrogen (secondary N) is 2. The second kappa shape index (κ2) is 8.91. The lowest BCUT2D eigenvalue weighted by Crippen LogP contribution is -2.27. The molecule has 5 nitrogen and oxygen atoms in total. The summed E-state index contributed by atoms with van der Waals surface area (Å²) < 4.78 is 27.0. The lowest BCUT2D eigenvalue weighted by atomic mass is 9.94. The molecule has 1 saturated carbocycles. The summed E-state index contributed by atoms with van der Waals surface area (Å²) in [6.45, 7) is 5.32. The van der Waals surface area contributed by atoms with E-state index in [9.17, 15) is 13.6 Å². The number of alkyl halides is 1. The van der Waals surface area contributed by atoms with Crippen LogP contribution in [0.25, 0.3) is 0 Å². The first-order valence-electron chi connectivity index (χ1n) is 9.39. The molecule has 1 aromatic heterocycles. The van der Waals surface area contributed by atoms with Gasteiger partial charge in [0.25, 0.3) is 0 Å². The molecule has 28 heavy (non-hydrogen) atoms. The summed E-state index contributed by atoms with van der Waals surface area (Å²) in [5, 5.41) is 6.44. The van der Waals surface area contributed by atoms with Gasteiger partial charge in [0, 0.05) is 29.9 Å². The van der Waals surface area contributed by atoms with Gasteiger partial charge in [-0.15, -0.1) is 0 Å². The highest BCUT2D eigenvalue weighted by Gasteiger charge is 2.21. The first-order valence-corrected chi connectivity index (χ1v) is 9.39. The number of aryl methyl sites for hydroxylation is 1. The number of aromatic nitrogens is 2. The van der Waals surface area contributed by atoms with Crippen LogP contribution >= 0.6 is 0 Å². The van der Waals surface area contributed by atoms with E-state index in [1.807, 2.05) is 6.92 Å². The Kier molecular flexibility index (Phi) is 6.34. The molecular weight excluding hydrogens is 362 g/mol. The Morgan fingerprint density at radius 3 is 2.79 bits per heavy atom. The smallest absolute Gasteiger partial charge is 0.224 e. The zero-order valence-corrected chi connectivity index (χ0v) is 15.8. The molecule has 3 rings (SSSR count). The molecule has 0 aliphatic heterocycles. The molecular formula is C21H24F2N4O. The van der Waals surface area contributed by atoms with Gasteiger partial charge in [-0.1, -0.05) is 6.58 Å². The number of halogens is 2. The molecule has 0 amide bonds. The monoisotopic (exact) mass is 386 g/mol. The van der Waals surface area contributed by atoms with Crippen molar-refractivity contribution >= 4 is 23.2 Å². The molecule has 0 unspecified atom stereocenters. The highest BCUT2D eigenvalue weighted by Crippen LogP contribution is 2.26. The summed E-state index contributed by atoms with van der Waals surface area (Å²) >= 11 is 0. The van der Waals surface area contributed by atoms with E-state index in [0.29, 0.717) is 35.9 Å². The number of nitrogens with zero attached hydrogens (tertiary/aromatic N) is 2. The van der Waals surface area contributed by atoms with Crippen molar-refractivity contribution in [3.8, 4) is 0 Å². The molecule has 0 radical (unpaired) electrons. The van der Waals surface area contributed by atoms with Crippen LogP contribution in [-0.2, 0) is 11.2 Å². The Morgan fingerprint density at radius 1 is 1.32 bits per heavy atom. The van der Waals surface area contributed by atoms with E-state index >= 15 is 0 Å². The quantitative estimate of drug-likeness (QED) is 0.678. The van der Waals surface area contributed by atoms with E-state index in [-0.39, 0.29) is 18.2 Å². The van der Waals surface area contributed by atoms with Crippen molar-refractivity contribution in [3.05, 3.63) is 54.0 Å². The van der Waals surface area contributed by atoms with Crippen molar-refractivity contribution in [2.45, 2.75) is 51.2 Å². The van der Waals surface area contributed by atoms with Gasteiger partial charge in [0.05, 0.1) is 0 Å². The number of benzene rings is 1. The highest BCUT2D eigenvalue weighted by atomic mass is 19.1. The summed E-state index contributed by atoms with van der Waals surface area (Å²) in [5.41, 5.74) is 1.93. The maximum absolute atomic E-state index is 13.6. The minimum atomic E-state index is -0.718. The largest absolute Gasteiger partial charge is 0.351 e. The number of rotatable bonds is 7. The van der Waals surface area contributed by atoms with Crippen LogP contribution < -0.4 is 10.6 Å². The number of allylic oxidation sites excluding steroid dienone is 1. The molecule has 0 saturated heterocycles. The Bertz CT molecular complexity index is 863. The Balaban J connectivity index is 1.78. The Labute approximate surface area is 163 Å². The number of ketones is 1. The van der Waals surface area contributed by atoms with Crippen LogP contribution in [0.15, 0.2) is 37.1 Å². The summed E-state index contributed by atoms with van der Waals surface area (Å²) in [6, 6.07) is 4.39. The molecule has 2 aromatic rings. The van der Waals surface area contributed by atoms with Crippen LogP contribution in [0, 0.1) is 12.7 Å². The van der Waals surface area contributed by atoms with Gasteiger partial charge in [0.2, 0.25) is 5.95 Å². The van der Waals surface area contributed by atoms with Gasteiger partial charge in [0.1, 0.15) is 17.8 Å². The van der Waals surface area contributed by atoms with Crippen LogP contribution in [-0.4, -0.2) is 28.0 Å². The zero-order chi connectivity index (χ0) is 20.1. The average Bonchev–Trinajstić information content (AvgIpc) is 2.68. The minimum Gasteiger partial charge on any atom is -0.351 e. The van der Waals surface area contributed by atoms with Crippen molar-refractivity contribution in [1.82, 2.24) is 9.97 Å². The van der Waals surface area contributed by atoms with Crippen molar-refractivity contribution in [3.63, 3.8) is 0 Å². The van der Waals surface area contributed by atoms with E-state index in [0.717, 1.165) is 18.4 Å². The van der Waals surface area contributed by atoms with Crippen molar-refractivity contribution in [2.75, 3.05) is 10.6 Å².